The number of benzene rings is 1. The number of carbonyl (C=O) groups is 2. The van der Waals surface area contributed by atoms with Crippen molar-refractivity contribution in [3.05, 3.63) is 40.1 Å². The minimum absolute atomic E-state index is 0.0148. The largest absolute Gasteiger partial charge is 0.439 e. The Morgan fingerprint density at radius 3 is 2.70 bits per heavy atom. The Bertz CT molecular complexity index is 764. The van der Waals surface area contributed by atoms with Gasteiger partial charge < -0.3 is 9.52 Å². The SMILES string of the molecule is O=Cc1c(N2CC(O)CC2=O)oc2ccccc2c1=O. The molecule has 0 saturated carbocycles. The van der Waals surface area contributed by atoms with E-state index in [9.17, 15) is 19.5 Å². The first-order valence-electron chi connectivity index (χ1n) is 6.11. The van der Waals surface area contributed by atoms with Crippen LogP contribution in [-0.2, 0) is 4.79 Å². The van der Waals surface area contributed by atoms with E-state index in [1.54, 1.807) is 24.3 Å². The predicted molar refractivity (Wildman–Crippen MR) is 70.8 cm³/mol. The maximum Gasteiger partial charge on any atom is 0.232 e. The number of amides is 1. The Balaban J connectivity index is 2.27. The van der Waals surface area contributed by atoms with E-state index in [0.717, 1.165) is 4.90 Å². The summed E-state index contributed by atoms with van der Waals surface area (Å²) in [6, 6.07) is 6.50. The van der Waals surface area contributed by atoms with Crippen LogP contribution in [0.1, 0.15) is 16.8 Å². The summed E-state index contributed by atoms with van der Waals surface area (Å²) in [7, 11) is 0. The Morgan fingerprint density at radius 1 is 1.30 bits per heavy atom. The molecule has 1 fully saturated rings. The van der Waals surface area contributed by atoms with Crippen molar-refractivity contribution in [2.45, 2.75) is 12.5 Å². The van der Waals surface area contributed by atoms with Gasteiger partial charge in [-0.25, -0.2) is 0 Å². The molecule has 6 nitrogen and oxygen atoms in total. The molecule has 1 aromatic heterocycles. The van der Waals surface area contributed by atoms with Gasteiger partial charge in [0.05, 0.1) is 24.5 Å². The van der Waals surface area contributed by atoms with Crippen molar-refractivity contribution in [2.75, 3.05) is 11.4 Å². The van der Waals surface area contributed by atoms with E-state index in [2.05, 4.69) is 0 Å². The third-order valence-electron chi connectivity index (χ3n) is 3.28. The number of anilines is 1. The molecule has 2 heterocycles. The lowest BCUT2D eigenvalue weighted by Gasteiger charge is -2.16. The number of aldehydes is 1. The fourth-order valence-electron chi connectivity index (χ4n) is 2.33. The highest BCUT2D eigenvalue weighted by Crippen LogP contribution is 2.26. The molecule has 20 heavy (non-hydrogen) atoms. The van der Waals surface area contributed by atoms with Gasteiger partial charge in [-0.3, -0.25) is 19.3 Å². The molecule has 3 rings (SSSR count). The molecule has 1 N–H and O–H groups in total. The summed E-state index contributed by atoms with van der Waals surface area (Å²) in [5, 5.41) is 9.79. The van der Waals surface area contributed by atoms with Crippen LogP contribution in [-0.4, -0.2) is 29.9 Å². The number of hydrogen-bond acceptors (Lipinski definition) is 5. The first-order chi connectivity index (χ1) is 9.61. The summed E-state index contributed by atoms with van der Waals surface area (Å²) in [6.07, 6.45) is -0.487. The monoisotopic (exact) mass is 273 g/mol. The first-order valence-corrected chi connectivity index (χ1v) is 6.11. The fourth-order valence-corrected chi connectivity index (χ4v) is 2.33. The van der Waals surface area contributed by atoms with Gasteiger partial charge in [-0.15, -0.1) is 0 Å². The number of nitrogens with zero attached hydrogens (tertiary/aromatic N) is 1. The van der Waals surface area contributed by atoms with Gasteiger partial charge in [-0.2, -0.15) is 0 Å². The highest BCUT2D eigenvalue weighted by molar-refractivity contribution is 6.00. The van der Waals surface area contributed by atoms with Gasteiger partial charge in [0.1, 0.15) is 11.1 Å². The molecule has 2 aromatic rings. The van der Waals surface area contributed by atoms with Gasteiger partial charge in [0.2, 0.25) is 17.2 Å². The average Bonchev–Trinajstić information content (AvgIpc) is 2.77. The molecular weight excluding hydrogens is 262 g/mol. The summed E-state index contributed by atoms with van der Waals surface area (Å²) < 4.78 is 5.53. The minimum Gasteiger partial charge on any atom is -0.439 e. The van der Waals surface area contributed by atoms with E-state index < -0.39 is 11.5 Å². The number of para-hydroxylation sites is 1. The minimum atomic E-state index is -0.821. The van der Waals surface area contributed by atoms with E-state index in [1.165, 1.54) is 0 Å². The number of fused-ring (bicyclic) bond motifs is 1. The fraction of sp³-hybridized carbons (Fsp3) is 0.214. The van der Waals surface area contributed by atoms with Crippen molar-refractivity contribution in [3.8, 4) is 0 Å². The summed E-state index contributed by atoms with van der Waals surface area (Å²) in [5.74, 6) is -0.468. The molecule has 0 bridgehead atoms. The molecule has 1 amide bonds. The molecule has 102 valence electrons. The lowest BCUT2D eigenvalue weighted by Crippen LogP contribution is -2.28. The highest BCUT2D eigenvalue weighted by Gasteiger charge is 2.33. The molecule has 1 aliphatic rings. The second-order valence-electron chi connectivity index (χ2n) is 4.63. The van der Waals surface area contributed by atoms with E-state index in [4.69, 9.17) is 4.42 Å². The lowest BCUT2D eigenvalue weighted by molar-refractivity contribution is -0.117. The van der Waals surface area contributed by atoms with Crippen LogP contribution in [0.5, 0.6) is 0 Å². The Kier molecular flexibility index (Phi) is 2.87. The number of aliphatic hydroxyl groups excluding tert-OH is 1. The van der Waals surface area contributed by atoms with E-state index >= 15 is 0 Å². The quantitative estimate of drug-likeness (QED) is 0.814. The molecule has 1 aliphatic heterocycles. The topological polar surface area (TPSA) is 87.8 Å². The summed E-state index contributed by atoms with van der Waals surface area (Å²) in [5.41, 5.74) is -0.385. The van der Waals surface area contributed by atoms with E-state index in [1.807, 2.05) is 0 Å². The number of carbonyl (C=O) groups excluding carboxylic acids is 2. The second kappa shape index (κ2) is 4.57. The number of hydrogen-bond donors (Lipinski definition) is 1. The zero-order valence-corrected chi connectivity index (χ0v) is 10.4. The normalized spacial score (nSPS) is 18.8. The second-order valence-corrected chi connectivity index (χ2v) is 4.63. The van der Waals surface area contributed by atoms with Crippen LogP contribution >= 0.6 is 0 Å². The maximum absolute atomic E-state index is 12.2. The molecule has 1 unspecified atom stereocenters. The Morgan fingerprint density at radius 2 is 2.05 bits per heavy atom. The van der Waals surface area contributed by atoms with Crippen molar-refractivity contribution in [2.24, 2.45) is 0 Å². The smallest absolute Gasteiger partial charge is 0.232 e. The predicted octanol–water partition coefficient (Wildman–Crippen LogP) is 0.703. The third-order valence-corrected chi connectivity index (χ3v) is 3.28. The van der Waals surface area contributed by atoms with Gasteiger partial charge in [0.25, 0.3) is 0 Å². The van der Waals surface area contributed by atoms with Crippen LogP contribution in [0.2, 0.25) is 0 Å². The van der Waals surface area contributed by atoms with Gasteiger partial charge >= 0.3 is 0 Å². The maximum atomic E-state index is 12.2. The molecule has 0 radical (unpaired) electrons. The molecule has 0 spiro atoms. The molecule has 0 aliphatic carbocycles. The third kappa shape index (κ3) is 1.81. The van der Waals surface area contributed by atoms with Crippen molar-refractivity contribution in [1.29, 1.82) is 0 Å². The van der Waals surface area contributed by atoms with Crippen molar-refractivity contribution in [1.82, 2.24) is 0 Å². The highest BCUT2D eigenvalue weighted by atomic mass is 16.4. The van der Waals surface area contributed by atoms with Crippen LogP contribution in [0.15, 0.2) is 33.5 Å². The van der Waals surface area contributed by atoms with Crippen molar-refractivity contribution >= 4 is 29.0 Å². The van der Waals surface area contributed by atoms with Crippen LogP contribution in [0, 0.1) is 0 Å². The summed E-state index contributed by atoms with van der Waals surface area (Å²) in [4.78, 5) is 36.3. The zero-order valence-electron chi connectivity index (χ0n) is 10.4. The summed E-state index contributed by atoms with van der Waals surface area (Å²) in [6.45, 7) is 0.0148. The van der Waals surface area contributed by atoms with Crippen LogP contribution in [0.25, 0.3) is 11.0 Å². The lowest BCUT2D eigenvalue weighted by atomic mass is 10.1. The van der Waals surface area contributed by atoms with Crippen molar-refractivity contribution in [3.63, 3.8) is 0 Å². The van der Waals surface area contributed by atoms with Crippen molar-refractivity contribution < 1.29 is 19.1 Å². The number of rotatable bonds is 2. The number of aliphatic hydroxyl groups is 1. The van der Waals surface area contributed by atoms with Crippen LogP contribution in [0.3, 0.4) is 0 Å². The first kappa shape index (κ1) is 12.6. The van der Waals surface area contributed by atoms with Gasteiger partial charge in [-0.05, 0) is 12.1 Å². The van der Waals surface area contributed by atoms with Crippen LogP contribution < -0.4 is 10.3 Å². The number of β-amino-alcohol motifs (C(OH)–C–C–N with tert-alkyl or cyclic N) is 1. The molecular formula is C14H11NO5. The standard InChI is InChI=1S/C14H11NO5/c16-7-10-13(19)9-3-1-2-4-11(9)20-14(10)15-6-8(17)5-12(15)18/h1-4,7-8,17H,5-6H2. The molecule has 1 atom stereocenters. The zero-order chi connectivity index (χ0) is 14.3. The Labute approximate surface area is 113 Å². The Hall–Kier alpha value is -2.47. The molecule has 6 heteroatoms. The van der Waals surface area contributed by atoms with Gasteiger partial charge in [-0.1, -0.05) is 12.1 Å². The molecule has 1 saturated heterocycles. The van der Waals surface area contributed by atoms with Gasteiger partial charge in [0, 0.05) is 0 Å². The summed E-state index contributed by atoms with van der Waals surface area (Å²) >= 11 is 0. The van der Waals surface area contributed by atoms with Gasteiger partial charge in [0.15, 0.2) is 6.29 Å². The molecule has 1 aromatic carbocycles. The van der Waals surface area contributed by atoms with Crippen LogP contribution in [0.4, 0.5) is 5.88 Å². The van der Waals surface area contributed by atoms with E-state index in [0.29, 0.717) is 11.9 Å². The average molecular weight is 273 g/mol. The van der Waals surface area contributed by atoms with E-state index in [-0.39, 0.29) is 35.7 Å².